The number of carbonyl (C=O) groups excluding carboxylic acids is 1. The Kier molecular flexibility index (Phi) is 6.06. The highest BCUT2D eigenvalue weighted by molar-refractivity contribution is 5.95. The molecule has 0 saturated heterocycles. The molecule has 1 rings (SSSR count). The molecule has 1 unspecified atom stereocenters. The van der Waals surface area contributed by atoms with Crippen LogP contribution in [0.1, 0.15) is 49.9 Å². The van der Waals surface area contributed by atoms with Crippen molar-refractivity contribution in [2.45, 2.75) is 45.6 Å². The van der Waals surface area contributed by atoms with Crippen molar-refractivity contribution in [1.82, 2.24) is 0 Å². The number of hydrogen-bond acceptors (Lipinski definition) is 3. The number of rotatable bonds is 8. The Morgan fingerprint density at radius 1 is 1.21 bits per heavy atom. The zero-order valence-corrected chi connectivity index (χ0v) is 11.4. The maximum absolute atomic E-state index is 11.5. The van der Waals surface area contributed by atoms with Gasteiger partial charge in [-0.2, -0.15) is 0 Å². The SMILES string of the molecule is CCCCC(Oc1ccc(C(=O)CC)cc1)C(=O)O. The molecule has 0 aliphatic rings. The molecule has 0 bridgehead atoms. The number of carboxylic acid groups (broad SMARTS) is 1. The van der Waals surface area contributed by atoms with E-state index in [9.17, 15) is 9.59 Å². The second-order valence-corrected chi connectivity index (χ2v) is 4.39. The first-order valence-electron chi connectivity index (χ1n) is 6.61. The van der Waals surface area contributed by atoms with Crippen molar-refractivity contribution >= 4 is 11.8 Å². The van der Waals surface area contributed by atoms with Crippen LogP contribution >= 0.6 is 0 Å². The molecular formula is C15H20O4. The van der Waals surface area contributed by atoms with E-state index in [1.807, 2.05) is 6.92 Å². The Labute approximate surface area is 113 Å². The van der Waals surface area contributed by atoms with E-state index < -0.39 is 12.1 Å². The summed E-state index contributed by atoms with van der Waals surface area (Å²) in [5.41, 5.74) is 0.621. The van der Waals surface area contributed by atoms with E-state index in [1.54, 1.807) is 31.2 Å². The van der Waals surface area contributed by atoms with Crippen molar-refractivity contribution in [2.75, 3.05) is 0 Å². The molecule has 19 heavy (non-hydrogen) atoms. The van der Waals surface area contributed by atoms with Gasteiger partial charge in [0.05, 0.1) is 0 Å². The fraction of sp³-hybridized carbons (Fsp3) is 0.467. The van der Waals surface area contributed by atoms with Crippen molar-refractivity contribution in [3.8, 4) is 5.75 Å². The topological polar surface area (TPSA) is 63.6 Å². The van der Waals surface area contributed by atoms with Crippen LogP contribution in [0, 0.1) is 0 Å². The summed E-state index contributed by atoms with van der Waals surface area (Å²) in [6.45, 7) is 3.81. The van der Waals surface area contributed by atoms with E-state index >= 15 is 0 Å². The molecule has 0 aliphatic carbocycles. The van der Waals surface area contributed by atoms with Crippen molar-refractivity contribution in [1.29, 1.82) is 0 Å². The van der Waals surface area contributed by atoms with Crippen LogP contribution in [0.2, 0.25) is 0 Å². The minimum atomic E-state index is -0.956. The molecule has 0 radical (unpaired) electrons. The molecule has 0 aromatic heterocycles. The lowest BCUT2D eigenvalue weighted by Crippen LogP contribution is -2.26. The number of benzene rings is 1. The number of hydrogen-bond donors (Lipinski definition) is 1. The number of Topliss-reactive ketones (excluding diaryl/α,β-unsaturated/α-hetero) is 1. The lowest BCUT2D eigenvalue weighted by molar-refractivity contribution is -0.145. The first-order valence-corrected chi connectivity index (χ1v) is 6.61. The van der Waals surface area contributed by atoms with Gasteiger partial charge in [0.15, 0.2) is 11.9 Å². The van der Waals surface area contributed by atoms with E-state index in [-0.39, 0.29) is 5.78 Å². The summed E-state index contributed by atoms with van der Waals surface area (Å²) in [5, 5.41) is 9.06. The van der Waals surface area contributed by atoms with Crippen LogP contribution in [0.3, 0.4) is 0 Å². The summed E-state index contributed by atoms with van der Waals surface area (Å²) in [7, 11) is 0. The Balaban J connectivity index is 2.69. The largest absolute Gasteiger partial charge is 0.479 e. The molecule has 0 spiro atoms. The summed E-state index contributed by atoms with van der Waals surface area (Å²) < 4.78 is 5.44. The summed E-state index contributed by atoms with van der Waals surface area (Å²) >= 11 is 0. The van der Waals surface area contributed by atoms with Crippen molar-refractivity contribution in [3.63, 3.8) is 0 Å². The summed E-state index contributed by atoms with van der Waals surface area (Å²) in [6, 6.07) is 6.62. The number of carboxylic acids is 1. The third kappa shape index (κ3) is 4.73. The number of unbranched alkanes of at least 4 members (excludes halogenated alkanes) is 1. The van der Waals surface area contributed by atoms with E-state index in [1.165, 1.54) is 0 Å². The van der Waals surface area contributed by atoms with Gasteiger partial charge < -0.3 is 9.84 Å². The number of ketones is 1. The van der Waals surface area contributed by atoms with Gasteiger partial charge in [0.2, 0.25) is 0 Å². The molecule has 1 aromatic carbocycles. The van der Waals surface area contributed by atoms with Crippen LogP contribution in [0.15, 0.2) is 24.3 Å². The highest BCUT2D eigenvalue weighted by Gasteiger charge is 2.18. The van der Waals surface area contributed by atoms with Crippen LogP contribution < -0.4 is 4.74 Å². The molecule has 0 fully saturated rings. The summed E-state index contributed by atoms with van der Waals surface area (Å²) in [6.07, 6.45) is 1.85. The van der Waals surface area contributed by atoms with Gasteiger partial charge in [-0.1, -0.05) is 20.3 Å². The first-order chi connectivity index (χ1) is 9.08. The Morgan fingerprint density at radius 2 is 1.84 bits per heavy atom. The minimum Gasteiger partial charge on any atom is -0.479 e. The zero-order valence-electron chi connectivity index (χ0n) is 11.4. The smallest absolute Gasteiger partial charge is 0.344 e. The minimum absolute atomic E-state index is 0.0623. The van der Waals surface area contributed by atoms with Gasteiger partial charge in [-0.05, 0) is 37.1 Å². The Morgan fingerprint density at radius 3 is 2.32 bits per heavy atom. The molecule has 1 N–H and O–H groups in total. The predicted molar refractivity (Wildman–Crippen MR) is 72.6 cm³/mol. The van der Waals surface area contributed by atoms with Gasteiger partial charge in [0, 0.05) is 12.0 Å². The second-order valence-electron chi connectivity index (χ2n) is 4.39. The van der Waals surface area contributed by atoms with Gasteiger partial charge in [0.25, 0.3) is 0 Å². The third-order valence-corrected chi connectivity index (χ3v) is 2.87. The predicted octanol–water partition coefficient (Wildman–Crippen LogP) is 3.30. The van der Waals surface area contributed by atoms with Crippen LogP contribution in [0.5, 0.6) is 5.75 Å². The molecular weight excluding hydrogens is 244 g/mol. The maximum atomic E-state index is 11.5. The Bertz CT molecular complexity index is 422. The fourth-order valence-corrected chi connectivity index (χ4v) is 1.71. The van der Waals surface area contributed by atoms with Gasteiger partial charge in [-0.3, -0.25) is 4.79 Å². The van der Waals surface area contributed by atoms with Crippen molar-refractivity contribution in [2.24, 2.45) is 0 Å². The van der Waals surface area contributed by atoms with Crippen molar-refractivity contribution < 1.29 is 19.4 Å². The average Bonchev–Trinajstić information content (AvgIpc) is 2.43. The molecule has 0 saturated carbocycles. The molecule has 1 atom stereocenters. The quantitative estimate of drug-likeness (QED) is 0.732. The zero-order chi connectivity index (χ0) is 14.3. The van der Waals surface area contributed by atoms with E-state index in [0.717, 1.165) is 12.8 Å². The maximum Gasteiger partial charge on any atom is 0.344 e. The molecule has 0 aliphatic heterocycles. The van der Waals surface area contributed by atoms with Gasteiger partial charge in [-0.15, -0.1) is 0 Å². The van der Waals surface area contributed by atoms with Crippen LogP contribution in [0.25, 0.3) is 0 Å². The molecule has 1 aromatic rings. The first kappa shape index (κ1) is 15.2. The normalized spacial score (nSPS) is 11.9. The third-order valence-electron chi connectivity index (χ3n) is 2.87. The lowest BCUT2D eigenvalue weighted by Gasteiger charge is -2.14. The highest BCUT2D eigenvalue weighted by atomic mass is 16.5. The monoisotopic (exact) mass is 264 g/mol. The Hall–Kier alpha value is -1.84. The average molecular weight is 264 g/mol. The van der Waals surface area contributed by atoms with Crippen LogP contribution in [-0.2, 0) is 4.79 Å². The van der Waals surface area contributed by atoms with E-state index in [2.05, 4.69) is 0 Å². The summed E-state index contributed by atoms with van der Waals surface area (Å²) in [4.78, 5) is 22.5. The molecule has 0 heterocycles. The second kappa shape index (κ2) is 7.56. The van der Waals surface area contributed by atoms with Gasteiger partial charge in [0.1, 0.15) is 5.75 Å². The van der Waals surface area contributed by atoms with Crippen LogP contribution in [0.4, 0.5) is 0 Å². The summed E-state index contributed by atoms with van der Waals surface area (Å²) in [5.74, 6) is -0.411. The van der Waals surface area contributed by atoms with Crippen LogP contribution in [-0.4, -0.2) is 23.0 Å². The van der Waals surface area contributed by atoms with Gasteiger partial charge >= 0.3 is 5.97 Å². The highest BCUT2D eigenvalue weighted by Crippen LogP contribution is 2.17. The standard InChI is InChI=1S/C15H20O4/c1-3-5-6-14(15(17)18)19-12-9-7-11(8-10-12)13(16)4-2/h7-10,14H,3-6H2,1-2H3,(H,17,18). The number of ether oxygens (including phenoxy) is 1. The molecule has 4 heteroatoms. The van der Waals surface area contributed by atoms with Crippen molar-refractivity contribution in [3.05, 3.63) is 29.8 Å². The van der Waals surface area contributed by atoms with E-state index in [0.29, 0.717) is 24.2 Å². The number of aliphatic carboxylic acids is 1. The molecule has 4 nitrogen and oxygen atoms in total. The number of carbonyl (C=O) groups is 2. The van der Waals surface area contributed by atoms with E-state index in [4.69, 9.17) is 9.84 Å². The fourth-order valence-electron chi connectivity index (χ4n) is 1.71. The molecule has 0 amide bonds. The molecule has 104 valence electrons. The van der Waals surface area contributed by atoms with Gasteiger partial charge in [-0.25, -0.2) is 4.79 Å². The lowest BCUT2D eigenvalue weighted by atomic mass is 10.1.